The lowest BCUT2D eigenvalue weighted by molar-refractivity contribution is -0.117. The molecule has 1 rings (SSSR count). The van der Waals surface area contributed by atoms with Gasteiger partial charge in [0.15, 0.2) is 0 Å². The zero-order valence-electron chi connectivity index (χ0n) is 11.0. The van der Waals surface area contributed by atoms with Crippen molar-refractivity contribution in [3.63, 3.8) is 0 Å². The summed E-state index contributed by atoms with van der Waals surface area (Å²) in [6, 6.07) is 4.19. The Morgan fingerprint density at radius 3 is 2.74 bits per heavy atom. The highest BCUT2D eigenvalue weighted by Crippen LogP contribution is 2.15. The van der Waals surface area contributed by atoms with Crippen LogP contribution < -0.4 is 11.1 Å². The van der Waals surface area contributed by atoms with Gasteiger partial charge in [0.25, 0.3) is 0 Å². The predicted octanol–water partition coefficient (Wildman–Crippen LogP) is 1.71. The number of anilines is 1. The lowest BCUT2D eigenvalue weighted by Gasteiger charge is -2.12. The Kier molecular flexibility index (Phi) is 5.85. The van der Waals surface area contributed by atoms with Crippen LogP contribution in [0.15, 0.2) is 18.2 Å². The fourth-order valence-electron chi connectivity index (χ4n) is 1.54. The number of hydrogen-bond donors (Lipinski definition) is 3. The standard InChI is InChI=1S/C13H18N2O3S/c1-8-3-4-9(7-10(8)13(17)18)15-12(16)11(14)5-6-19-2/h3-4,7,11H,5-6,14H2,1-2H3,(H,15,16)(H,17,18)/t11-/m1/s1. The van der Waals surface area contributed by atoms with E-state index in [0.29, 0.717) is 17.7 Å². The molecular weight excluding hydrogens is 264 g/mol. The van der Waals surface area contributed by atoms with Crippen molar-refractivity contribution in [2.45, 2.75) is 19.4 Å². The molecule has 1 atom stereocenters. The molecule has 0 saturated carbocycles. The molecule has 1 amide bonds. The SMILES string of the molecule is CSCC[C@@H](N)C(=O)Nc1ccc(C)c(C(=O)O)c1. The zero-order valence-corrected chi connectivity index (χ0v) is 11.8. The topological polar surface area (TPSA) is 92.4 Å². The first-order valence-electron chi connectivity index (χ1n) is 5.85. The van der Waals surface area contributed by atoms with Crippen LogP contribution in [0.2, 0.25) is 0 Å². The summed E-state index contributed by atoms with van der Waals surface area (Å²) in [5.74, 6) is -0.502. The Labute approximate surface area is 116 Å². The second-order valence-corrected chi connectivity index (χ2v) is 5.20. The third kappa shape index (κ3) is 4.57. The van der Waals surface area contributed by atoms with E-state index in [0.717, 1.165) is 5.75 Å². The summed E-state index contributed by atoms with van der Waals surface area (Å²) in [6.45, 7) is 1.71. The van der Waals surface area contributed by atoms with Crippen molar-refractivity contribution in [1.29, 1.82) is 0 Å². The summed E-state index contributed by atoms with van der Waals surface area (Å²) in [4.78, 5) is 22.8. The Morgan fingerprint density at radius 2 is 2.16 bits per heavy atom. The average Bonchev–Trinajstić information content (AvgIpc) is 2.37. The van der Waals surface area contributed by atoms with E-state index in [1.165, 1.54) is 6.07 Å². The van der Waals surface area contributed by atoms with Crippen LogP contribution in [-0.2, 0) is 4.79 Å². The van der Waals surface area contributed by atoms with Gasteiger partial charge < -0.3 is 16.2 Å². The molecule has 0 radical (unpaired) electrons. The zero-order chi connectivity index (χ0) is 14.4. The number of carboxylic acids is 1. The molecule has 0 aliphatic rings. The van der Waals surface area contributed by atoms with Crippen LogP contribution in [0.1, 0.15) is 22.3 Å². The van der Waals surface area contributed by atoms with Gasteiger partial charge in [0.05, 0.1) is 11.6 Å². The summed E-state index contributed by atoms with van der Waals surface area (Å²) in [6.07, 6.45) is 2.54. The highest BCUT2D eigenvalue weighted by atomic mass is 32.2. The molecular formula is C13H18N2O3S. The normalized spacial score (nSPS) is 11.9. The van der Waals surface area contributed by atoms with Crippen molar-refractivity contribution in [3.8, 4) is 0 Å². The van der Waals surface area contributed by atoms with Gasteiger partial charge in [-0.2, -0.15) is 11.8 Å². The number of amides is 1. The number of benzene rings is 1. The number of aromatic carboxylic acids is 1. The molecule has 5 nitrogen and oxygen atoms in total. The quantitative estimate of drug-likeness (QED) is 0.738. The lowest BCUT2D eigenvalue weighted by atomic mass is 10.1. The minimum Gasteiger partial charge on any atom is -0.478 e. The third-order valence-electron chi connectivity index (χ3n) is 2.71. The van der Waals surface area contributed by atoms with Gasteiger partial charge in [0.2, 0.25) is 5.91 Å². The van der Waals surface area contributed by atoms with Gasteiger partial charge in [-0.3, -0.25) is 4.79 Å². The molecule has 0 heterocycles. The van der Waals surface area contributed by atoms with Crippen LogP contribution in [0.5, 0.6) is 0 Å². The summed E-state index contributed by atoms with van der Waals surface area (Å²) >= 11 is 1.62. The van der Waals surface area contributed by atoms with E-state index in [2.05, 4.69) is 5.32 Å². The molecule has 4 N–H and O–H groups in total. The molecule has 104 valence electrons. The number of hydrogen-bond acceptors (Lipinski definition) is 4. The number of carbonyl (C=O) groups is 2. The molecule has 0 bridgehead atoms. The number of rotatable bonds is 6. The van der Waals surface area contributed by atoms with Crippen LogP contribution in [0.4, 0.5) is 5.69 Å². The first-order chi connectivity index (χ1) is 8.95. The number of carbonyl (C=O) groups excluding carboxylic acids is 1. The molecule has 0 saturated heterocycles. The molecule has 0 spiro atoms. The first kappa shape index (κ1) is 15.5. The van der Waals surface area contributed by atoms with Crippen molar-refractivity contribution in [1.82, 2.24) is 0 Å². The van der Waals surface area contributed by atoms with E-state index < -0.39 is 12.0 Å². The van der Waals surface area contributed by atoms with Gasteiger partial charge in [-0.15, -0.1) is 0 Å². The molecule has 0 fully saturated rings. The summed E-state index contributed by atoms with van der Waals surface area (Å²) in [5.41, 5.74) is 7.02. The first-order valence-corrected chi connectivity index (χ1v) is 7.24. The number of thioether (sulfide) groups is 1. The molecule has 1 aromatic carbocycles. The van der Waals surface area contributed by atoms with Gasteiger partial charge in [0.1, 0.15) is 0 Å². The Bertz CT molecular complexity index is 477. The van der Waals surface area contributed by atoms with Crippen molar-refractivity contribution < 1.29 is 14.7 Å². The predicted molar refractivity (Wildman–Crippen MR) is 77.7 cm³/mol. The van der Waals surface area contributed by atoms with E-state index >= 15 is 0 Å². The van der Waals surface area contributed by atoms with Gasteiger partial charge in [0, 0.05) is 5.69 Å². The van der Waals surface area contributed by atoms with E-state index in [9.17, 15) is 9.59 Å². The minimum absolute atomic E-state index is 0.176. The second kappa shape index (κ2) is 7.16. The number of carboxylic acid groups (broad SMARTS) is 1. The van der Waals surface area contributed by atoms with Crippen molar-refractivity contribution in [2.75, 3.05) is 17.3 Å². The molecule has 0 aliphatic carbocycles. The van der Waals surface area contributed by atoms with Crippen molar-refractivity contribution in [3.05, 3.63) is 29.3 Å². The van der Waals surface area contributed by atoms with Gasteiger partial charge >= 0.3 is 5.97 Å². The summed E-state index contributed by atoms with van der Waals surface area (Å²) in [7, 11) is 0. The van der Waals surface area contributed by atoms with Gasteiger partial charge in [-0.1, -0.05) is 6.07 Å². The number of aryl methyl sites for hydroxylation is 1. The minimum atomic E-state index is -1.01. The second-order valence-electron chi connectivity index (χ2n) is 4.21. The lowest BCUT2D eigenvalue weighted by Crippen LogP contribution is -2.36. The van der Waals surface area contributed by atoms with Crippen LogP contribution in [-0.4, -0.2) is 35.0 Å². The van der Waals surface area contributed by atoms with E-state index in [4.69, 9.17) is 10.8 Å². The molecule has 0 unspecified atom stereocenters. The number of nitrogens with two attached hydrogens (primary N) is 1. The van der Waals surface area contributed by atoms with Gasteiger partial charge in [-0.25, -0.2) is 4.79 Å². The van der Waals surface area contributed by atoms with Crippen molar-refractivity contribution >= 4 is 29.3 Å². The fraction of sp³-hybridized carbons (Fsp3) is 0.385. The van der Waals surface area contributed by atoms with Crippen LogP contribution in [0.3, 0.4) is 0 Å². The van der Waals surface area contributed by atoms with E-state index in [1.54, 1.807) is 30.8 Å². The highest BCUT2D eigenvalue weighted by Gasteiger charge is 2.14. The molecule has 6 heteroatoms. The molecule has 19 heavy (non-hydrogen) atoms. The fourth-order valence-corrected chi connectivity index (χ4v) is 2.03. The smallest absolute Gasteiger partial charge is 0.336 e. The van der Waals surface area contributed by atoms with Crippen LogP contribution in [0, 0.1) is 6.92 Å². The van der Waals surface area contributed by atoms with E-state index in [1.807, 2.05) is 6.26 Å². The largest absolute Gasteiger partial charge is 0.478 e. The van der Waals surface area contributed by atoms with Crippen LogP contribution in [0.25, 0.3) is 0 Å². The highest BCUT2D eigenvalue weighted by molar-refractivity contribution is 7.98. The Balaban J connectivity index is 2.74. The third-order valence-corrected chi connectivity index (χ3v) is 3.35. The maximum atomic E-state index is 11.8. The maximum absolute atomic E-state index is 11.8. The molecule has 0 aliphatic heterocycles. The molecule has 1 aromatic rings. The van der Waals surface area contributed by atoms with E-state index in [-0.39, 0.29) is 11.5 Å². The Morgan fingerprint density at radius 1 is 1.47 bits per heavy atom. The van der Waals surface area contributed by atoms with Gasteiger partial charge in [-0.05, 0) is 43.0 Å². The molecule has 0 aromatic heterocycles. The van der Waals surface area contributed by atoms with Crippen LogP contribution >= 0.6 is 11.8 Å². The average molecular weight is 282 g/mol. The van der Waals surface area contributed by atoms with Crippen molar-refractivity contribution in [2.24, 2.45) is 5.73 Å². The summed E-state index contributed by atoms with van der Waals surface area (Å²) in [5, 5.41) is 11.6. The summed E-state index contributed by atoms with van der Waals surface area (Å²) < 4.78 is 0. The monoisotopic (exact) mass is 282 g/mol. The maximum Gasteiger partial charge on any atom is 0.336 e. The Hall–Kier alpha value is -1.53. The number of nitrogens with one attached hydrogen (secondary N) is 1.